The molecule has 12 heavy (non-hydrogen) atoms. The summed E-state index contributed by atoms with van der Waals surface area (Å²) in [6.07, 6.45) is 4.51. The van der Waals surface area contributed by atoms with E-state index in [0.717, 1.165) is 11.3 Å². The number of anilines is 1. The monoisotopic (exact) mass is 160 g/mol. The Labute approximate surface area is 69.3 Å². The van der Waals surface area contributed by atoms with Gasteiger partial charge in [-0.15, -0.1) is 0 Å². The number of nitrogens with one attached hydrogen (secondary N) is 1. The lowest BCUT2D eigenvalue weighted by molar-refractivity contribution is 0.0697. The molecule has 1 aromatic carbocycles. The predicted molar refractivity (Wildman–Crippen MR) is 44.7 cm³/mol. The Morgan fingerprint density at radius 1 is 1.50 bits per heavy atom. The molecule has 1 aromatic rings. The molecule has 1 heterocycles. The summed E-state index contributed by atoms with van der Waals surface area (Å²) in [6.45, 7) is 0. The molecule has 2 rings (SSSR count). The van der Waals surface area contributed by atoms with Crippen LogP contribution in [-0.4, -0.2) is 11.1 Å². The van der Waals surface area contributed by atoms with Crippen molar-refractivity contribution in [3.8, 4) is 0 Å². The van der Waals surface area contributed by atoms with E-state index in [9.17, 15) is 4.79 Å². The van der Waals surface area contributed by atoms with Crippen molar-refractivity contribution in [1.82, 2.24) is 0 Å². The van der Waals surface area contributed by atoms with Gasteiger partial charge in [-0.2, -0.15) is 5.32 Å². The van der Waals surface area contributed by atoms with E-state index in [0.29, 0.717) is 5.56 Å². The van der Waals surface area contributed by atoms with Crippen molar-refractivity contribution in [2.45, 2.75) is 0 Å². The van der Waals surface area contributed by atoms with E-state index < -0.39 is 5.97 Å². The van der Waals surface area contributed by atoms with Gasteiger partial charge in [0.1, 0.15) is 12.3 Å². The largest absolute Gasteiger partial charge is 0.478 e. The van der Waals surface area contributed by atoms with E-state index in [4.69, 9.17) is 5.11 Å². The van der Waals surface area contributed by atoms with Crippen molar-refractivity contribution in [1.29, 1.82) is 0 Å². The van der Waals surface area contributed by atoms with Crippen LogP contribution in [0.15, 0.2) is 18.2 Å². The molecule has 0 radical (unpaired) electrons. The average Bonchev–Trinajstić information content (AvgIpc) is 2.49. The molecule has 0 aliphatic carbocycles. The quantitative estimate of drug-likeness (QED) is 0.613. The molecule has 0 bridgehead atoms. The first kappa shape index (κ1) is 6.83. The van der Waals surface area contributed by atoms with Gasteiger partial charge in [-0.25, -0.2) is 4.79 Å². The summed E-state index contributed by atoms with van der Waals surface area (Å²) >= 11 is 0. The molecule has 3 heteroatoms. The third-order valence-electron chi connectivity index (χ3n) is 1.73. The Morgan fingerprint density at radius 3 is 3.08 bits per heavy atom. The lowest BCUT2D eigenvalue weighted by Crippen LogP contribution is -1.96. The van der Waals surface area contributed by atoms with Gasteiger partial charge in [0, 0.05) is 12.1 Å². The zero-order valence-electron chi connectivity index (χ0n) is 6.16. The van der Waals surface area contributed by atoms with Gasteiger partial charge in [0.25, 0.3) is 0 Å². The lowest BCUT2D eigenvalue weighted by Gasteiger charge is -1.91. The van der Waals surface area contributed by atoms with Gasteiger partial charge >= 0.3 is 5.97 Å². The van der Waals surface area contributed by atoms with Gasteiger partial charge < -0.3 is 5.11 Å². The zero-order valence-corrected chi connectivity index (χ0v) is 6.16. The molecule has 3 nitrogen and oxygen atoms in total. The minimum Gasteiger partial charge on any atom is -0.478 e. The van der Waals surface area contributed by atoms with Crippen LogP contribution in [0, 0.1) is 6.20 Å². The van der Waals surface area contributed by atoms with Crippen molar-refractivity contribution in [3.05, 3.63) is 35.5 Å². The highest BCUT2D eigenvalue weighted by atomic mass is 16.4. The normalized spacial score (nSPS) is 11.7. The maximum atomic E-state index is 10.5. The van der Waals surface area contributed by atoms with Crippen LogP contribution in [0.5, 0.6) is 0 Å². The van der Waals surface area contributed by atoms with Crippen LogP contribution >= 0.6 is 0 Å². The van der Waals surface area contributed by atoms with Crippen molar-refractivity contribution >= 4 is 17.7 Å². The van der Waals surface area contributed by atoms with E-state index >= 15 is 0 Å². The van der Waals surface area contributed by atoms with E-state index in [1.54, 1.807) is 24.3 Å². The second kappa shape index (κ2) is 2.32. The van der Waals surface area contributed by atoms with Gasteiger partial charge in [0.05, 0.1) is 5.56 Å². The average molecular weight is 160 g/mol. The number of hydrogen-bond donors (Lipinski definition) is 2. The van der Waals surface area contributed by atoms with Crippen molar-refractivity contribution in [2.24, 2.45) is 0 Å². The Morgan fingerprint density at radius 2 is 2.33 bits per heavy atom. The number of rotatable bonds is 1. The molecule has 0 fully saturated rings. The SMILES string of the molecule is O=C(O)c1ccc2c(c1)C=[C+]N2. The Kier molecular flexibility index (Phi) is 1.32. The van der Waals surface area contributed by atoms with Crippen LogP contribution < -0.4 is 5.32 Å². The first-order chi connectivity index (χ1) is 5.77. The Bertz CT molecular complexity index is 369. The lowest BCUT2D eigenvalue weighted by atomic mass is 10.1. The maximum absolute atomic E-state index is 10.5. The maximum Gasteiger partial charge on any atom is 0.337 e. The first-order valence-electron chi connectivity index (χ1n) is 3.49. The predicted octanol–water partition coefficient (Wildman–Crippen LogP) is 1.58. The fourth-order valence-electron chi connectivity index (χ4n) is 1.12. The summed E-state index contributed by atoms with van der Waals surface area (Å²) in [4.78, 5) is 10.5. The molecule has 0 unspecified atom stereocenters. The van der Waals surface area contributed by atoms with Crippen LogP contribution in [0.1, 0.15) is 15.9 Å². The summed E-state index contributed by atoms with van der Waals surface area (Å²) in [5.74, 6) is -0.905. The minimum absolute atomic E-state index is 0.301. The number of carboxylic acids is 1. The highest BCUT2D eigenvalue weighted by Crippen LogP contribution is 2.23. The number of hydrogen-bond acceptors (Lipinski definition) is 2. The molecule has 0 aromatic heterocycles. The zero-order chi connectivity index (χ0) is 8.55. The smallest absolute Gasteiger partial charge is 0.337 e. The fraction of sp³-hybridized carbons (Fsp3) is 0. The molecule has 1 aliphatic heterocycles. The molecule has 0 saturated heterocycles. The van der Waals surface area contributed by atoms with Crippen molar-refractivity contribution in [2.75, 3.05) is 5.32 Å². The van der Waals surface area contributed by atoms with E-state index in [1.165, 1.54) is 0 Å². The summed E-state index contributed by atoms with van der Waals surface area (Å²) in [7, 11) is 0. The first-order valence-corrected chi connectivity index (χ1v) is 3.49. The molecule has 0 atom stereocenters. The highest BCUT2D eigenvalue weighted by Gasteiger charge is 2.17. The van der Waals surface area contributed by atoms with Gasteiger partial charge in [-0.1, -0.05) is 0 Å². The second-order valence-electron chi connectivity index (χ2n) is 2.52. The van der Waals surface area contributed by atoms with Crippen LogP contribution in [0.2, 0.25) is 0 Å². The van der Waals surface area contributed by atoms with Gasteiger partial charge in [0.2, 0.25) is 0 Å². The minimum atomic E-state index is -0.905. The standard InChI is InChI=1S/C9H5NO2/c11-9(12)7-1-2-8-6(5-7)3-4-10-8/h1-3,5,10H/p+1. The van der Waals surface area contributed by atoms with E-state index in [1.807, 2.05) is 0 Å². The number of carboxylic acid groups (broad SMARTS) is 1. The van der Waals surface area contributed by atoms with Crippen LogP contribution in [0.25, 0.3) is 6.08 Å². The molecular formula is C9H6NO2+. The Balaban J connectivity index is 2.51. The topological polar surface area (TPSA) is 49.3 Å². The summed E-state index contributed by atoms with van der Waals surface area (Å²) in [5, 5.41) is 11.5. The third-order valence-corrected chi connectivity index (χ3v) is 1.73. The molecule has 2 N–H and O–H groups in total. The molecule has 58 valence electrons. The van der Waals surface area contributed by atoms with Crippen LogP contribution in [0.3, 0.4) is 0 Å². The van der Waals surface area contributed by atoms with Crippen LogP contribution in [0.4, 0.5) is 5.69 Å². The molecular weight excluding hydrogens is 154 g/mol. The van der Waals surface area contributed by atoms with Crippen molar-refractivity contribution < 1.29 is 9.90 Å². The Hall–Kier alpha value is -1.86. The second-order valence-corrected chi connectivity index (χ2v) is 2.52. The molecule has 0 spiro atoms. The number of benzene rings is 1. The van der Waals surface area contributed by atoms with Gasteiger partial charge in [0.15, 0.2) is 11.3 Å². The summed E-state index contributed by atoms with van der Waals surface area (Å²) < 4.78 is 0. The van der Waals surface area contributed by atoms with Gasteiger partial charge in [-0.05, 0) is 6.07 Å². The third kappa shape index (κ3) is 0.929. The number of fused-ring (bicyclic) bond motifs is 1. The number of aromatic carboxylic acids is 1. The fourth-order valence-corrected chi connectivity index (χ4v) is 1.12. The van der Waals surface area contributed by atoms with E-state index in [-0.39, 0.29) is 0 Å². The highest BCUT2D eigenvalue weighted by molar-refractivity contribution is 5.90. The summed E-state index contributed by atoms with van der Waals surface area (Å²) in [6, 6.07) is 4.91. The van der Waals surface area contributed by atoms with Crippen molar-refractivity contribution in [3.63, 3.8) is 0 Å². The van der Waals surface area contributed by atoms with Crippen LogP contribution in [-0.2, 0) is 0 Å². The van der Waals surface area contributed by atoms with E-state index in [2.05, 4.69) is 11.5 Å². The molecule has 0 saturated carbocycles. The summed E-state index contributed by atoms with van der Waals surface area (Å²) in [5.41, 5.74) is 2.07. The molecule has 1 aliphatic rings. The molecule has 0 amide bonds. The van der Waals surface area contributed by atoms with Gasteiger partial charge in [-0.3, -0.25) is 0 Å². The number of carbonyl (C=O) groups is 1.